The summed E-state index contributed by atoms with van der Waals surface area (Å²) in [6.45, 7) is 6.18. The summed E-state index contributed by atoms with van der Waals surface area (Å²) < 4.78 is 0.773. The Kier molecular flexibility index (Phi) is 6.74. The van der Waals surface area contributed by atoms with Crippen LogP contribution in [-0.2, 0) is 4.79 Å². The fourth-order valence-corrected chi connectivity index (χ4v) is 3.76. The van der Waals surface area contributed by atoms with Gasteiger partial charge in [0, 0.05) is 19.0 Å². The monoisotopic (exact) mass is 364 g/mol. The van der Waals surface area contributed by atoms with Gasteiger partial charge in [-0.05, 0) is 19.4 Å². The minimum atomic E-state index is -0.0769. The van der Waals surface area contributed by atoms with Crippen molar-refractivity contribution >= 4 is 39.9 Å². The lowest BCUT2D eigenvalue weighted by Gasteiger charge is -2.13. The summed E-state index contributed by atoms with van der Waals surface area (Å²) in [5.41, 5.74) is 1.62. The van der Waals surface area contributed by atoms with Crippen molar-refractivity contribution < 1.29 is 9.59 Å². The predicted molar refractivity (Wildman–Crippen MR) is 97.8 cm³/mol. The summed E-state index contributed by atoms with van der Waals surface area (Å²) in [5.74, 6) is 0.286. The van der Waals surface area contributed by atoms with Crippen LogP contribution in [0.1, 0.15) is 42.7 Å². The highest BCUT2D eigenvalue weighted by Gasteiger charge is 2.11. The van der Waals surface area contributed by atoms with E-state index in [4.69, 9.17) is 0 Å². The number of anilines is 1. The second-order valence-electron chi connectivity index (χ2n) is 5.16. The predicted octanol–water partition coefficient (Wildman–Crippen LogP) is 3.14. The van der Waals surface area contributed by atoms with Gasteiger partial charge in [-0.15, -0.1) is 10.2 Å². The number of rotatable bonds is 8. The molecule has 0 radical (unpaired) electrons. The average Bonchev–Trinajstić information content (AvgIpc) is 3.00. The highest BCUT2D eigenvalue weighted by Crippen LogP contribution is 2.26. The topological polar surface area (TPSA) is 84.0 Å². The maximum Gasteiger partial charge on any atom is 0.217 e. The summed E-state index contributed by atoms with van der Waals surface area (Å²) in [6, 6.07) is 7.24. The standard InChI is InChI=1S/C16H20N4O2S2/c1-4-17-15-19-20-16(24-15)23-9-14(22)13-7-5-12(6-8-13)10(2)18-11(3)21/h5-8,10H,4,9H2,1-3H3,(H,17,19)(H,18,21)/t10-/m1/s1. The third kappa shape index (κ3) is 5.31. The summed E-state index contributed by atoms with van der Waals surface area (Å²) in [7, 11) is 0. The van der Waals surface area contributed by atoms with Crippen LogP contribution in [0.25, 0.3) is 0 Å². The van der Waals surface area contributed by atoms with E-state index in [1.165, 1.54) is 30.0 Å². The van der Waals surface area contributed by atoms with Crippen molar-refractivity contribution in [1.29, 1.82) is 0 Å². The molecule has 1 heterocycles. The van der Waals surface area contributed by atoms with E-state index < -0.39 is 0 Å². The highest BCUT2D eigenvalue weighted by molar-refractivity contribution is 8.01. The van der Waals surface area contributed by atoms with Crippen molar-refractivity contribution in [3.8, 4) is 0 Å². The van der Waals surface area contributed by atoms with Crippen molar-refractivity contribution in [2.24, 2.45) is 0 Å². The summed E-state index contributed by atoms with van der Waals surface area (Å²) in [4.78, 5) is 23.3. The van der Waals surface area contributed by atoms with E-state index in [-0.39, 0.29) is 17.7 Å². The molecule has 2 N–H and O–H groups in total. The lowest BCUT2D eigenvalue weighted by Crippen LogP contribution is -2.23. The number of hydrogen-bond acceptors (Lipinski definition) is 7. The van der Waals surface area contributed by atoms with Gasteiger partial charge < -0.3 is 10.6 Å². The maximum absolute atomic E-state index is 12.3. The number of nitrogens with zero attached hydrogens (tertiary/aromatic N) is 2. The molecule has 0 spiro atoms. The minimum absolute atomic E-state index is 0.0407. The number of Topliss-reactive ketones (excluding diaryl/α,β-unsaturated/α-hetero) is 1. The van der Waals surface area contributed by atoms with Gasteiger partial charge in [0.2, 0.25) is 11.0 Å². The molecule has 1 atom stereocenters. The molecule has 0 aliphatic carbocycles. The van der Waals surface area contributed by atoms with Crippen LogP contribution in [-0.4, -0.2) is 34.2 Å². The number of thioether (sulfide) groups is 1. The smallest absolute Gasteiger partial charge is 0.217 e. The lowest BCUT2D eigenvalue weighted by molar-refractivity contribution is -0.119. The zero-order valence-electron chi connectivity index (χ0n) is 13.8. The van der Waals surface area contributed by atoms with E-state index in [0.29, 0.717) is 11.3 Å². The van der Waals surface area contributed by atoms with Gasteiger partial charge in [-0.3, -0.25) is 9.59 Å². The summed E-state index contributed by atoms with van der Waals surface area (Å²) in [5, 5.41) is 14.7. The Hall–Kier alpha value is -1.93. The number of ketones is 1. The molecular weight excluding hydrogens is 344 g/mol. The van der Waals surface area contributed by atoms with E-state index in [0.717, 1.165) is 21.6 Å². The van der Waals surface area contributed by atoms with Crippen LogP contribution in [0.15, 0.2) is 28.6 Å². The molecule has 0 saturated carbocycles. The third-order valence-corrected chi connectivity index (χ3v) is 5.23. The number of hydrogen-bond donors (Lipinski definition) is 2. The van der Waals surface area contributed by atoms with Gasteiger partial charge in [0.1, 0.15) is 0 Å². The van der Waals surface area contributed by atoms with Gasteiger partial charge >= 0.3 is 0 Å². The molecule has 6 nitrogen and oxygen atoms in total. The molecule has 1 amide bonds. The van der Waals surface area contributed by atoms with E-state index in [2.05, 4.69) is 20.8 Å². The number of carbonyl (C=O) groups excluding carboxylic acids is 2. The van der Waals surface area contributed by atoms with E-state index in [9.17, 15) is 9.59 Å². The fourth-order valence-electron chi connectivity index (χ4n) is 2.05. The Morgan fingerprint density at radius 1 is 1.25 bits per heavy atom. The highest BCUT2D eigenvalue weighted by atomic mass is 32.2. The second kappa shape index (κ2) is 8.79. The molecule has 0 unspecified atom stereocenters. The van der Waals surface area contributed by atoms with Crippen LogP contribution < -0.4 is 10.6 Å². The average molecular weight is 364 g/mol. The molecule has 1 aromatic heterocycles. The molecule has 128 valence electrons. The first-order valence-corrected chi connectivity index (χ1v) is 9.40. The van der Waals surface area contributed by atoms with Gasteiger partial charge in [0.25, 0.3) is 0 Å². The van der Waals surface area contributed by atoms with Crippen molar-refractivity contribution in [2.45, 2.75) is 31.2 Å². The molecule has 24 heavy (non-hydrogen) atoms. The molecule has 0 saturated heterocycles. The Morgan fingerprint density at radius 2 is 1.96 bits per heavy atom. The largest absolute Gasteiger partial charge is 0.360 e. The molecule has 8 heteroatoms. The Labute approximate surface area is 149 Å². The first-order valence-electron chi connectivity index (χ1n) is 7.60. The molecular formula is C16H20N4O2S2. The first-order chi connectivity index (χ1) is 11.5. The quantitative estimate of drug-likeness (QED) is 0.553. The van der Waals surface area contributed by atoms with E-state index in [1.54, 1.807) is 12.1 Å². The number of aromatic nitrogens is 2. The SMILES string of the molecule is CCNc1nnc(SCC(=O)c2ccc([C@@H](C)NC(C)=O)cc2)s1. The molecule has 0 bridgehead atoms. The normalized spacial score (nSPS) is 11.8. The number of benzene rings is 1. The van der Waals surface area contributed by atoms with Crippen LogP contribution in [0.4, 0.5) is 5.13 Å². The van der Waals surface area contributed by atoms with Crippen LogP contribution in [0.3, 0.4) is 0 Å². The van der Waals surface area contributed by atoms with Crippen LogP contribution in [0.2, 0.25) is 0 Å². The van der Waals surface area contributed by atoms with E-state index >= 15 is 0 Å². The third-order valence-electron chi connectivity index (χ3n) is 3.21. The summed E-state index contributed by atoms with van der Waals surface area (Å²) >= 11 is 2.83. The van der Waals surface area contributed by atoms with Crippen molar-refractivity contribution in [1.82, 2.24) is 15.5 Å². The maximum atomic E-state index is 12.3. The molecule has 0 aliphatic heterocycles. The second-order valence-corrected chi connectivity index (χ2v) is 7.36. The first kappa shape index (κ1) is 18.4. The van der Waals surface area contributed by atoms with Crippen molar-refractivity contribution in [2.75, 3.05) is 17.6 Å². The van der Waals surface area contributed by atoms with Crippen LogP contribution in [0.5, 0.6) is 0 Å². The molecule has 0 fully saturated rings. The molecule has 0 aliphatic rings. The fraction of sp³-hybridized carbons (Fsp3) is 0.375. The number of carbonyl (C=O) groups is 2. The van der Waals surface area contributed by atoms with Gasteiger partial charge in [0.05, 0.1) is 11.8 Å². The molecule has 1 aromatic carbocycles. The van der Waals surface area contributed by atoms with Crippen molar-refractivity contribution in [3.63, 3.8) is 0 Å². The van der Waals surface area contributed by atoms with E-state index in [1.807, 2.05) is 26.0 Å². The van der Waals surface area contributed by atoms with Crippen LogP contribution in [0, 0.1) is 0 Å². The minimum Gasteiger partial charge on any atom is -0.360 e. The number of nitrogens with one attached hydrogen (secondary N) is 2. The van der Waals surface area contributed by atoms with Gasteiger partial charge in [-0.25, -0.2) is 0 Å². The zero-order valence-corrected chi connectivity index (χ0v) is 15.5. The summed E-state index contributed by atoms with van der Waals surface area (Å²) in [6.07, 6.45) is 0. The van der Waals surface area contributed by atoms with Crippen molar-refractivity contribution in [3.05, 3.63) is 35.4 Å². The van der Waals surface area contributed by atoms with Gasteiger partial charge in [0.15, 0.2) is 10.1 Å². The van der Waals surface area contributed by atoms with Crippen LogP contribution >= 0.6 is 23.1 Å². The Morgan fingerprint density at radius 3 is 2.58 bits per heavy atom. The zero-order chi connectivity index (χ0) is 17.5. The molecule has 2 rings (SSSR count). The molecule has 2 aromatic rings. The lowest BCUT2D eigenvalue weighted by atomic mass is 10.0. The Balaban J connectivity index is 1.91. The van der Waals surface area contributed by atoms with Gasteiger partial charge in [-0.2, -0.15) is 0 Å². The van der Waals surface area contributed by atoms with Gasteiger partial charge in [-0.1, -0.05) is 47.4 Å². The number of amides is 1. The Bertz CT molecular complexity index is 700.